The van der Waals surface area contributed by atoms with E-state index in [1.807, 2.05) is 25.1 Å². The summed E-state index contributed by atoms with van der Waals surface area (Å²) in [7, 11) is 0. The van der Waals surface area contributed by atoms with Crippen LogP contribution in [0.2, 0.25) is 5.02 Å². The highest BCUT2D eigenvalue weighted by Crippen LogP contribution is 2.28. The van der Waals surface area contributed by atoms with Gasteiger partial charge < -0.3 is 15.2 Å². The van der Waals surface area contributed by atoms with Crippen LogP contribution in [-0.4, -0.2) is 25.4 Å². The lowest BCUT2D eigenvalue weighted by Crippen LogP contribution is -2.18. The normalized spacial score (nSPS) is 20.1. The van der Waals surface area contributed by atoms with Crippen LogP contribution in [0.5, 0.6) is 5.75 Å². The molecule has 0 aromatic heterocycles. The van der Waals surface area contributed by atoms with E-state index in [0.29, 0.717) is 12.7 Å². The van der Waals surface area contributed by atoms with Crippen LogP contribution in [0.4, 0.5) is 0 Å². The lowest BCUT2D eigenvalue weighted by Gasteiger charge is -2.15. The van der Waals surface area contributed by atoms with Crippen LogP contribution in [0.15, 0.2) is 18.2 Å². The molecule has 0 spiro atoms. The molecule has 112 valence electrons. The quantitative estimate of drug-likeness (QED) is 0.783. The first-order valence-corrected chi connectivity index (χ1v) is 7.82. The lowest BCUT2D eigenvalue weighted by molar-refractivity contribution is 0.0981. The zero-order valence-electron chi connectivity index (χ0n) is 12.1. The van der Waals surface area contributed by atoms with Crippen LogP contribution in [0.3, 0.4) is 0 Å². The van der Waals surface area contributed by atoms with E-state index >= 15 is 0 Å². The third-order valence-corrected chi connectivity index (χ3v) is 3.91. The fraction of sp³-hybridized carbons (Fsp3) is 0.625. The van der Waals surface area contributed by atoms with Gasteiger partial charge in [-0.05, 0) is 51.2 Å². The van der Waals surface area contributed by atoms with Crippen molar-refractivity contribution in [2.24, 2.45) is 5.73 Å². The Morgan fingerprint density at radius 1 is 1.50 bits per heavy atom. The molecular weight excluding hydrogens is 274 g/mol. The number of halogens is 1. The molecule has 2 unspecified atom stereocenters. The van der Waals surface area contributed by atoms with Gasteiger partial charge in [0.1, 0.15) is 5.75 Å². The molecule has 1 heterocycles. The van der Waals surface area contributed by atoms with E-state index in [2.05, 4.69) is 0 Å². The van der Waals surface area contributed by atoms with Crippen LogP contribution < -0.4 is 10.5 Å². The van der Waals surface area contributed by atoms with Crippen molar-refractivity contribution in [3.05, 3.63) is 28.8 Å². The van der Waals surface area contributed by atoms with E-state index in [9.17, 15) is 0 Å². The van der Waals surface area contributed by atoms with E-state index in [4.69, 9.17) is 26.8 Å². The Balaban J connectivity index is 1.83. The molecule has 4 heteroatoms. The summed E-state index contributed by atoms with van der Waals surface area (Å²) in [6.07, 6.45) is 5.63. The second-order valence-electron chi connectivity index (χ2n) is 5.52. The van der Waals surface area contributed by atoms with E-state index in [-0.39, 0.29) is 6.04 Å². The molecule has 3 nitrogen and oxygen atoms in total. The van der Waals surface area contributed by atoms with Gasteiger partial charge in [0.2, 0.25) is 0 Å². The molecule has 20 heavy (non-hydrogen) atoms. The first kappa shape index (κ1) is 15.6. The van der Waals surface area contributed by atoms with Crippen molar-refractivity contribution < 1.29 is 9.47 Å². The third kappa shape index (κ3) is 4.65. The molecule has 1 aliphatic heterocycles. The van der Waals surface area contributed by atoms with Crippen LogP contribution in [0, 0.1) is 0 Å². The average molecular weight is 298 g/mol. The van der Waals surface area contributed by atoms with E-state index in [0.717, 1.165) is 42.2 Å². The van der Waals surface area contributed by atoms with Gasteiger partial charge in [-0.3, -0.25) is 0 Å². The molecule has 2 N–H and O–H groups in total. The maximum atomic E-state index is 6.23. The Labute approximate surface area is 126 Å². The Kier molecular flexibility index (Phi) is 6.14. The number of benzene rings is 1. The lowest BCUT2D eigenvalue weighted by atomic mass is 10.1. The molecule has 0 bridgehead atoms. The van der Waals surface area contributed by atoms with Gasteiger partial charge >= 0.3 is 0 Å². The summed E-state index contributed by atoms with van der Waals surface area (Å²) in [5.41, 5.74) is 6.88. The van der Waals surface area contributed by atoms with E-state index in [1.165, 1.54) is 12.8 Å². The highest BCUT2D eigenvalue weighted by atomic mass is 35.5. The fourth-order valence-electron chi connectivity index (χ4n) is 2.56. The third-order valence-electron chi connectivity index (χ3n) is 3.55. The minimum Gasteiger partial charge on any atom is -0.493 e. The molecule has 0 radical (unpaired) electrons. The van der Waals surface area contributed by atoms with Crippen molar-refractivity contribution in [2.75, 3.05) is 13.2 Å². The van der Waals surface area contributed by atoms with E-state index < -0.39 is 0 Å². The van der Waals surface area contributed by atoms with Crippen LogP contribution >= 0.6 is 11.6 Å². The highest BCUT2D eigenvalue weighted by molar-refractivity contribution is 6.31. The number of rotatable bonds is 7. The monoisotopic (exact) mass is 297 g/mol. The second-order valence-corrected chi connectivity index (χ2v) is 5.93. The van der Waals surface area contributed by atoms with Crippen molar-refractivity contribution in [3.63, 3.8) is 0 Å². The maximum absolute atomic E-state index is 6.23. The van der Waals surface area contributed by atoms with Crippen molar-refractivity contribution in [1.29, 1.82) is 0 Å². The molecule has 0 amide bonds. The summed E-state index contributed by atoms with van der Waals surface area (Å²) in [6, 6.07) is 5.85. The summed E-state index contributed by atoms with van der Waals surface area (Å²) in [6.45, 7) is 3.59. The molecule has 1 fully saturated rings. The summed E-state index contributed by atoms with van der Waals surface area (Å²) in [5.74, 6) is 0.863. The predicted molar refractivity (Wildman–Crippen MR) is 82.5 cm³/mol. The first-order valence-electron chi connectivity index (χ1n) is 7.44. The minimum absolute atomic E-state index is 0.0733. The molecular formula is C16H24ClNO2. The second kappa shape index (κ2) is 7.87. The Morgan fingerprint density at radius 2 is 2.35 bits per heavy atom. The van der Waals surface area contributed by atoms with Crippen molar-refractivity contribution in [2.45, 2.75) is 51.2 Å². The average Bonchev–Trinajstić information content (AvgIpc) is 2.91. The number of hydrogen-bond acceptors (Lipinski definition) is 3. The SMILES string of the molecule is CC(N)Cc1c(Cl)cccc1OCCCC1CCCO1. The molecule has 1 aromatic carbocycles. The van der Waals surface area contributed by atoms with Crippen molar-refractivity contribution in [3.8, 4) is 5.75 Å². The van der Waals surface area contributed by atoms with Gasteiger partial charge in [0.25, 0.3) is 0 Å². The van der Waals surface area contributed by atoms with Crippen LogP contribution in [0.1, 0.15) is 38.2 Å². The zero-order valence-corrected chi connectivity index (χ0v) is 12.9. The predicted octanol–water partition coefficient (Wildman–Crippen LogP) is 3.57. The van der Waals surface area contributed by atoms with Gasteiger partial charge in [0.15, 0.2) is 0 Å². The first-order chi connectivity index (χ1) is 9.66. The van der Waals surface area contributed by atoms with Crippen molar-refractivity contribution in [1.82, 2.24) is 0 Å². The summed E-state index contributed by atoms with van der Waals surface area (Å²) in [5, 5.41) is 0.735. The van der Waals surface area contributed by atoms with Gasteiger partial charge in [-0.15, -0.1) is 0 Å². The van der Waals surface area contributed by atoms with E-state index in [1.54, 1.807) is 0 Å². The molecule has 0 aliphatic carbocycles. The van der Waals surface area contributed by atoms with Crippen molar-refractivity contribution >= 4 is 11.6 Å². The zero-order chi connectivity index (χ0) is 14.4. The standard InChI is InChI=1S/C16H24ClNO2/c1-12(18)11-14-15(17)7-2-8-16(14)20-10-4-6-13-5-3-9-19-13/h2,7-8,12-13H,3-6,9-11,18H2,1H3. The van der Waals surface area contributed by atoms with Gasteiger partial charge in [0, 0.05) is 23.2 Å². The maximum Gasteiger partial charge on any atom is 0.124 e. The molecule has 1 aliphatic rings. The molecule has 2 rings (SSSR count). The highest BCUT2D eigenvalue weighted by Gasteiger charge is 2.15. The van der Waals surface area contributed by atoms with Crippen LogP contribution in [0.25, 0.3) is 0 Å². The van der Waals surface area contributed by atoms with Gasteiger partial charge in [-0.25, -0.2) is 0 Å². The van der Waals surface area contributed by atoms with Crippen LogP contribution in [-0.2, 0) is 11.2 Å². The Morgan fingerprint density at radius 3 is 3.05 bits per heavy atom. The van der Waals surface area contributed by atoms with Gasteiger partial charge in [-0.2, -0.15) is 0 Å². The fourth-order valence-corrected chi connectivity index (χ4v) is 2.80. The van der Waals surface area contributed by atoms with Gasteiger partial charge in [0.05, 0.1) is 12.7 Å². The molecule has 1 saturated heterocycles. The summed E-state index contributed by atoms with van der Waals surface area (Å²) in [4.78, 5) is 0. The number of ether oxygens (including phenoxy) is 2. The minimum atomic E-state index is 0.0733. The molecule has 0 saturated carbocycles. The van der Waals surface area contributed by atoms with Gasteiger partial charge in [-0.1, -0.05) is 17.7 Å². The Bertz CT molecular complexity index is 417. The molecule has 2 atom stereocenters. The summed E-state index contributed by atoms with van der Waals surface area (Å²) < 4.78 is 11.5. The number of nitrogens with two attached hydrogens (primary N) is 1. The topological polar surface area (TPSA) is 44.5 Å². The summed E-state index contributed by atoms with van der Waals surface area (Å²) >= 11 is 6.23. The molecule has 1 aromatic rings. The largest absolute Gasteiger partial charge is 0.493 e. The Hall–Kier alpha value is -0.770. The number of hydrogen-bond donors (Lipinski definition) is 1. The smallest absolute Gasteiger partial charge is 0.124 e.